The van der Waals surface area contributed by atoms with Crippen molar-refractivity contribution in [1.29, 1.82) is 15.8 Å². The lowest BCUT2D eigenvalue weighted by Gasteiger charge is -2.40. The Morgan fingerprint density at radius 3 is 1.03 bits per heavy atom. The van der Waals surface area contributed by atoms with Crippen LogP contribution in [-0.2, 0) is 14.4 Å². The van der Waals surface area contributed by atoms with E-state index in [0.717, 1.165) is 129 Å². The molecule has 15 heterocycles. The fraction of sp³-hybridized carbons (Fsp3) is 0.370. The van der Waals surface area contributed by atoms with Crippen molar-refractivity contribution in [2.45, 2.75) is 115 Å². The Bertz CT molecular complexity index is 5460. The average molecular weight is 1560 g/mol. The van der Waals surface area contributed by atoms with Gasteiger partial charge >= 0.3 is 5.97 Å². The summed E-state index contributed by atoms with van der Waals surface area (Å²) in [5, 5.41) is 98.9. The van der Waals surface area contributed by atoms with Gasteiger partial charge in [0.05, 0.1) is 111 Å². The number of carbonyl (C=O) groups excluding carboxylic acids is 2. The minimum absolute atomic E-state index is 0.0185. The van der Waals surface area contributed by atoms with Crippen LogP contribution in [0.5, 0.6) is 17.2 Å². The van der Waals surface area contributed by atoms with E-state index in [1.807, 2.05) is 99.4 Å². The Kier molecular flexibility index (Phi) is 21.1. The van der Waals surface area contributed by atoms with E-state index < -0.39 is 22.8 Å². The van der Waals surface area contributed by atoms with E-state index in [2.05, 4.69) is 89.1 Å². The van der Waals surface area contributed by atoms with Gasteiger partial charge in [-0.05, 0) is 141 Å². The van der Waals surface area contributed by atoms with Gasteiger partial charge in [0.15, 0.2) is 11.6 Å². The number of fused-ring (bicyclic) bond motifs is 3. The second-order valence-corrected chi connectivity index (χ2v) is 31.6. The van der Waals surface area contributed by atoms with Gasteiger partial charge in [-0.25, -0.2) is 28.5 Å². The highest BCUT2D eigenvalue weighted by molar-refractivity contribution is 5.94. The molecule has 18 rings (SSSR count). The first-order valence-electron chi connectivity index (χ1n) is 37.9. The largest absolute Gasteiger partial charge is 0.489 e. The summed E-state index contributed by atoms with van der Waals surface area (Å²) in [5.41, 5.74) is 11.0. The number of nitrogens with zero attached hydrogens (tertiary/aromatic N) is 21. The maximum absolute atomic E-state index is 12.0. The highest BCUT2D eigenvalue weighted by atomic mass is 16.5. The number of nitriles is 3. The standard InChI is InChI=1S/2C27H28N8O3.C23H24N8O2.C4H6O2/c2*1-27(2,37)16-38-21-9-22(25-19(10-28)12-30-35(25)15-21)18-5-6-24(29-11-18)33-13-20(14-33)34-8-7-23(32-34)31-26(36)17-3-4-17;1-23(2,32)14-33-18-7-19(22-16(8-24)10-27-31(22)13-18)15-3-4-21(26-9-15)29-11-17(12-29)30-6-5-20(25)28-30;5-4(6)3-1-2-3/h2*5-9,11-12,15,17,20,37H,3-4,13-14,16H2,1-2H3,(H,31,32,36);3-7,9-10,13,17,32H,11-12,14H2,1-2H3,(H2,25,28);3H,1-2H2,(H,5,6). The van der Waals surface area contributed by atoms with Gasteiger partial charge in [-0.2, -0.15) is 46.4 Å². The summed E-state index contributed by atoms with van der Waals surface area (Å²) in [7, 11) is 0. The smallest absolute Gasteiger partial charge is 0.306 e. The van der Waals surface area contributed by atoms with E-state index in [9.17, 15) is 45.5 Å². The zero-order chi connectivity index (χ0) is 80.6. The van der Waals surface area contributed by atoms with Gasteiger partial charge in [-0.15, -0.1) is 0 Å². The summed E-state index contributed by atoms with van der Waals surface area (Å²) in [6.07, 6.45) is 26.4. The number of anilines is 6. The predicted octanol–water partition coefficient (Wildman–Crippen LogP) is 8.79. The summed E-state index contributed by atoms with van der Waals surface area (Å²) in [4.78, 5) is 54.2. The molecule has 8 N–H and O–H groups in total. The number of ether oxygens (including phenoxy) is 3. The Hall–Kier alpha value is -13.5. The van der Waals surface area contributed by atoms with Crippen molar-refractivity contribution in [2.24, 2.45) is 17.8 Å². The highest BCUT2D eigenvalue weighted by Gasteiger charge is 2.36. The van der Waals surface area contributed by atoms with Crippen LogP contribution >= 0.6 is 0 Å². The minimum atomic E-state index is -0.988. The van der Waals surface area contributed by atoms with Crippen LogP contribution in [0, 0.1) is 51.7 Å². The van der Waals surface area contributed by atoms with Crippen LogP contribution in [0.15, 0.2) is 147 Å². The summed E-state index contributed by atoms with van der Waals surface area (Å²) >= 11 is 0. The monoisotopic (exact) mass is 1550 g/mol. The Labute approximate surface area is 659 Å². The van der Waals surface area contributed by atoms with Crippen LogP contribution in [0.4, 0.5) is 34.9 Å². The number of nitrogen functional groups attached to an aromatic ring is 1. The summed E-state index contributed by atoms with van der Waals surface area (Å²) in [6.45, 7) is 15.1. The third kappa shape index (κ3) is 18.2. The van der Waals surface area contributed by atoms with Gasteiger partial charge in [0.25, 0.3) is 0 Å². The van der Waals surface area contributed by atoms with E-state index >= 15 is 0 Å². The molecule has 6 fully saturated rings. The Balaban J connectivity index is 0.000000131. The molecule has 0 unspecified atom stereocenters. The van der Waals surface area contributed by atoms with Crippen molar-refractivity contribution in [3.63, 3.8) is 0 Å². The SMILES string of the molecule is CC(C)(O)COc1cc(-c2ccc(N3CC(n4ccc(N)n4)C3)nc2)c2c(C#N)cnn2c1.CC(C)(O)COc1cc(-c2ccc(N3CC(n4ccc(NC(=O)C5CC5)n4)C3)nc2)c2c(C#N)cnn2c1.CC(C)(O)COc1cc(-c2ccc(N3CC(n4ccc(NC(=O)C5CC5)n4)C3)nc2)c2c(C#N)cnn2c1.O=C(O)C1CC1. The van der Waals surface area contributed by atoms with Crippen molar-refractivity contribution in [3.05, 3.63) is 164 Å². The van der Waals surface area contributed by atoms with Crippen LogP contribution < -0.4 is 45.3 Å². The number of carboxylic acids is 1. The summed E-state index contributed by atoms with van der Waals surface area (Å²) in [5.74, 6) is 5.67. The zero-order valence-electron chi connectivity index (χ0n) is 64.1. The van der Waals surface area contributed by atoms with Crippen molar-refractivity contribution in [1.82, 2.24) is 73.1 Å². The molecule has 34 nitrogen and oxygen atoms in total. The van der Waals surface area contributed by atoms with Crippen molar-refractivity contribution in [3.8, 4) is 68.8 Å². The number of nitrogens with one attached hydrogen (secondary N) is 2. The number of carboxylic acid groups (broad SMARTS) is 1. The number of nitrogens with two attached hydrogens (primary N) is 1. The number of pyridine rings is 6. The van der Waals surface area contributed by atoms with E-state index in [1.54, 1.807) is 98.3 Å². The lowest BCUT2D eigenvalue weighted by molar-refractivity contribution is -0.138. The topological polar surface area (TPSA) is 435 Å². The Morgan fingerprint density at radius 1 is 0.461 bits per heavy atom. The van der Waals surface area contributed by atoms with E-state index in [1.165, 1.54) is 18.6 Å². The normalized spacial score (nSPS) is 15.6. The number of rotatable bonds is 23. The molecule has 12 aromatic rings. The van der Waals surface area contributed by atoms with E-state index in [-0.39, 0.29) is 67.5 Å². The second kappa shape index (κ2) is 31.6. The lowest BCUT2D eigenvalue weighted by Crippen LogP contribution is -2.48. The molecule has 12 aromatic heterocycles. The lowest BCUT2D eigenvalue weighted by atomic mass is 10.0. The second-order valence-electron chi connectivity index (χ2n) is 31.6. The molecule has 2 amide bonds. The van der Waals surface area contributed by atoms with Crippen LogP contribution in [0.25, 0.3) is 49.9 Å². The molecular weight excluding hydrogens is 1470 g/mol. The van der Waals surface area contributed by atoms with Crippen LogP contribution in [-0.4, -0.2) is 187 Å². The van der Waals surface area contributed by atoms with Gasteiger partial charge in [0.1, 0.15) is 78.5 Å². The summed E-state index contributed by atoms with van der Waals surface area (Å²) < 4.78 is 27.9. The predicted molar refractivity (Wildman–Crippen MR) is 423 cm³/mol. The molecule has 0 spiro atoms. The molecular formula is C81H86N24O10. The van der Waals surface area contributed by atoms with Crippen LogP contribution in [0.3, 0.4) is 0 Å². The molecule has 3 saturated heterocycles. The minimum Gasteiger partial charge on any atom is -0.489 e. The van der Waals surface area contributed by atoms with Gasteiger partial charge in [0.2, 0.25) is 11.8 Å². The highest BCUT2D eigenvalue weighted by Crippen LogP contribution is 2.39. The fourth-order valence-corrected chi connectivity index (χ4v) is 13.1. The zero-order valence-corrected chi connectivity index (χ0v) is 64.1. The number of amides is 2. The van der Waals surface area contributed by atoms with Gasteiger partial charge in [-0.1, -0.05) is 0 Å². The molecule has 0 atom stereocenters. The third-order valence-corrected chi connectivity index (χ3v) is 19.9. The number of carbonyl (C=O) groups is 3. The number of hydrogen-bond donors (Lipinski definition) is 7. The molecule has 115 heavy (non-hydrogen) atoms. The van der Waals surface area contributed by atoms with Crippen molar-refractivity contribution in [2.75, 3.05) is 90.2 Å². The molecule has 6 aliphatic rings. The van der Waals surface area contributed by atoms with Crippen molar-refractivity contribution >= 4 is 69.2 Å². The van der Waals surface area contributed by atoms with Gasteiger partial charge < -0.3 is 65.7 Å². The first kappa shape index (κ1) is 76.9. The van der Waals surface area contributed by atoms with Crippen molar-refractivity contribution < 1.29 is 49.0 Å². The third-order valence-electron chi connectivity index (χ3n) is 19.9. The Morgan fingerprint density at radius 2 is 0.774 bits per heavy atom. The van der Waals surface area contributed by atoms with Crippen LogP contribution in [0.1, 0.15) is 115 Å². The van der Waals surface area contributed by atoms with E-state index in [0.29, 0.717) is 67.9 Å². The molecule has 590 valence electrons. The average Bonchev–Trinajstić information content (AvgIpc) is 1.75. The fourth-order valence-electron chi connectivity index (χ4n) is 13.1. The summed E-state index contributed by atoms with van der Waals surface area (Å²) in [6, 6.07) is 30.1. The van der Waals surface area contributed by atoms with Gasteiger partial charge in [-0.3, -0.25) is 28.4 Å². The molecule has 3 saturated carbocycles. The van der Waals surface area contributed by atoms with Gasteiger partial charge in [0, 0.05) is 134 Å². The maximum Gasteiger partial charge on any atom is 0.306 e. The number of aliphatic carboxylic acids is 1. The molecule has 0 bridgehead atoms. The molecule has 0 aromatic carbocycles. The van der Waals surface area contributed by atoms with Crippen LogP contribution in [0.2, 0.25) is 0 Å². The maximum atomic E-state index is 12.0. The first-order chi connectivity index (χ1) is 55.1. The number of hydrogen-bond acceptors (Lipinski definition) is 25. The number of aliphatic hydroxyl groups is 3. The molecule has 0 radical (unpaired) electrons. The quantitative estimate of drug-likeness (QED) is 0.0314. The molecule has 34 heteroatoms. The first-order valence-corrected chi connectivity index (χ1v) is 37.9. The molecule has 3 aliphatic heterocycles. The van der Waals surface area contributed by atoms with E-state index in [4.69, 9.17) is 25.1 Å². The number of aromatic nitrogens is 15. The molecule has 3 aliphatic carbocycles.